The molecule has 0 bridgehead atoms. The molecular weight excluding hydrogens is 318 g/mol. The second-order valence-electron chi connectivity index (χ2n) is 6.81. The van der Waals surface area contributed by atoms with Crippen LogP contribution in [0.2, 0.25) is 0 Å². The monoisotopic (exact) mass is 343 g/mol. The van der Waals surface area contributed by atoms with Gasteiger partial charge in [0.15, 0.2) is 0 Å². The SMILES string of the molecule is Cc1ccc(OC2CCC(NC(=O)Cc3c(C)noc3C)CC2)nc1. The van der Waals surface area contributed by atoms with Crippen LogP contribution in [0.25, 0.3) is 0 Å². The number of amides is 1. The van der Waals surface area contributed by atoms with Crippen LogP contribution >= 0.6 is 0 Å². The Morgan fingerprint density at radius 1 is 1.24 bits per heavy atom. The summed E-state index contributed by atoms with van der Waals surface area (Å²) in [6.45, 7) is 5.71. The van der Waals surface area contributed by atoms with Crippen LogP contribution in [0, 0.1) is 20.8 Å². The van der Waals surface area contributed by atoms with Crippen molar-refractivity contribution in [3.8, 4) is 5.88 Å². The van der Waals surface area contributed by atoms with Crippen LogP contribution < -0.4 is 10.1 Å². The van der Waals surface area contributed by atoms with E-state index in [2.05, 4.69) is 15.5 Å². The third-order valence-corrected chi connectivity index (χ3v) is 4.73. The number of hydrogen-bond donors (Lipinski definition) is 1. The van der Waals surface area contributed by atoms with Crippen molar-refractivity contribution in [2.75, 3.05) is 0 Å². The summed E-state index contributed by atoms with van der Waals surface area (Å²) in [5, 5.41) is 7.02. The van der Waals surface area contributed by atoms with Crippen molar-refractivity contribution in [3.05, 3.63) is 40.9 Å². The first-order valence-electron chi connectivity index (χ1n) is 8.81. The van der Waals surface area contributed by atoms with Crippen molar-refractivity contribution in [2.45, 2.75) is 65.0 Å². The van der Waals surface area contributed by atoms with E-state index in [0.717, 1.165) is 48.3 Å². The zero-order valence-electron chi connectivity index (χ0n) is 15.0. The summed E-state index contributed by atoms with van der Waals surface area (Å²) >= 11 is 0. The van der Waals surface area contributed by atoms with E-state index < -0.39 is 0 Å². The molecule has 2 heterocycles. The van der Waals surface area contributed by atoms with Gasteiger partial charge in [-0.1, -0.05) is 11.2 Å². The van der Waals surface area contributed by atoms with Crippen LogP contribution in [-0.2, 0) is 11.2 Å². The third kappa shape index (κ3) is 4.59. The van der Waals surface area contributed by atoms with E-state index in [1.54, 1.807) is 0 Å². The second-order valence-corrected chi connectivity index (χ2v) is 6.81. The Morgan fingerprint density at radius 3 is 2.60 bits per heavy atom. The topological polar surface area (TPSA) is 77.2 Å². The molecule has 1 N–H and O–H groups in total. The van der Waals surface area contributed by atoms with Crippen molar-refractivity contribution < 1.29 is 14.1 Å². The van der Waals surface area contributed by atoms with E-state index in [0.29, 0.717) is 12.3 Å². The predicted octanol–water partition coefficient (Wildman–Crippen LogP) is 3.04. The molecule has 0 aromatic carbocycles. The molecule has 134 valence electrons. The molecule has 1 aliphatic rings. The molecule has 1 fully saturated rings. The lowest BCUT2D eigenvalue weighted by atomic mass is 9.92. The van der Waals surface area contributed by atoms with Gasteiger partial charge in [-0.25, -0.2) is 4.98 Å². The number of carbonyl (C=O) groups is 1. The molecule has 1 aliphatic carbocycles. The van der Waals surface area contributed by atoms with E-state index in [9.17, 15) is 4.79 Å². The molecular formula is C19H25N3O3. The average Bonchev–Trinajstić information content (AvgIpc) is 2.90. The smallest absolute Gasteiger partial charge is 0.224 e. The summed E-state index contributed by atoms with van der Waals surface area (Å²) in [7, 11) is 0. The van der Waals surface area contributed by atoms with Crippen LogP contribution in [0.15, 0.2) is 22.9 Å². The highest BCUT2D eigenvalue weighted by atomic mass is 16.5. The average molecular weight is 343 g/mol. The fourth-order valence-corrected chi connectivity index (χ4v) is 3.21. The molecule has 6 heteroatoms. The molecule has 0 spiro atoms. The lowest BCUT2D eigenvalue weighted by Gasteiger charge is -2.29. The maximum Gasteiger partial charge on any atom is 0.224 e. The van der Waals surface area contributed by atoms with E-state index in [1.807, 2.05) is 39.1 Å². The Labute approximate surface area is 148 Å². The van der Waals surface area contributed by atoms with Crippen LogP contribution in [0.5, 0.6) is 5.88 Å². The summed E-state index contributed by atoms with van der Waals surface area (Å²) in [6.07, 6.45) is 6.00. The molecule has 0 atom stereocenters. The molecule has 0 radical (unpaired) electrons. The van der Waals surface area contributed by atoms with Gasteiger partial charge in [0.1, 0.15) is 11.9 Å². The van der Waals surface area contributed by atoms with Gasteiger partial charge in [0.05, 0.1) is 12.1 Å². The fraction of sp³-hybridized carbons (Fsp3) is 0.526. The van der Waals surface area contributed by atoms with Crippen LogP contribution in [0.4, 0.5) is 0 Å². The maximum atomic E-state index is 12.3. The quantitative estimate of drug-likeness (QED) is 0.903. The molecule has 0 aliphatic heterocycles. The number of rotatable bonds is 5. The summed E-state index contributed by atoms with van der Waals surface area (Å²) in [5.41, 5.74) is 2.80. The zero-order valence-corrected chi connectivity index (χ0v) is 15.0. The van der Waals surface area contributed by atoms with E-state index in [-0.39, 0.29) is 18.1 Å². The van der Waals surface area contributed by atoms with Gasteiger partial charge in [-0.2, -0.15) is 0 Å². The Balaban J connectivity index is 1.44. The summed E-state index contributed by atoms with van der Waals surface area (Å²) in [6, 6.07) is 4.12. The van der Waals surface area contributed by atoms with Crippen molar-refractivity contribution in [3.63, 3.8) is 0 Å². The van der Waals surface area contributed by atoms with Gasteiger partial charge in [0, 0.05) is 23.9 Å². The lowest BCUT2D eigenvalue weighted by Crippen LogP contribution is -2.40. The van der Waals surface area contributed by atoms with Crippen LogP contribution in [0.1, 0.15) is 48.3 Å². The van der Waals surface area contributed by atoms with Gasteiger partial charge in [-0.3, -0.25) is 4.79 Å². The van der Waals surface area contributed by atoms with Gasteiger partial charge in [-0.15, -0.1) is 0 Å². The highest BCUT2D eigenvalue weighted by Crippen LogP contribution is 2.23. The minimum Gasteiger partial charge on any atom is -0.474 e. The van der Waals surface area contributed by atoms with Gasteiger partial charge in [0.2, 0.25) is 11.8 Å². The number of ether oxygens (including phenoxy) is 1. The maximum absolute atomic E-state index is 12.3. The molecule has 0 unspecified atom stereocenters. The molecule has 3 rings (SSSR count). The fourth-order valence-electron chi connectivity index (χ4n) is 3.21. The second kappa shape index (κ2) is 7.68. The van der Waals surface area contributed by atoms with Crippen molar-refractivity contribution >= 4 is 5.91 Å². The third-order valence-electron chi connectivity index (χ3n) is 4.73. The lowest BCUT2D eigenvalue weighted by molar-refractivity contribution is -0.121. The molecule has 1 saturated carbocycles. The number of aromatic nitrogens is 2. The largest absolute Gasteiger partial charge is 0.474 e. The summed E-state index contributed by atoms with van der Waals surface area (Å²) < 4.78 is 11.0. The number of aryl methyl sites for hydroxylation is 3. The summed E-state index contributed by atoms with van der Waals surface area (Å²) in [5.74, 6) is 1.42. The normalized spacial score (nSPS) is 20.3. The van der Waals surface area contributed by atoms with Gasteiger partial charge in [-0.05, 0) is 52.0 Å². The first kappa shape index (κ1) is 17.5. The molecule has 6 nitrogen and oxygen atoms in total. The summed E-state index contributed by atoms with van der Waals surface area (Å²) in [4.78, 5) is 16.6. The van der Waals surface area contributed by atoms with E-state index in [1.165, 1.54) is 0 Å². The Bertz CT molecular complexity index is 697. The zero-order chi connectivity index (χ0) is 17.8. The Hall–Kier alpha value is -2.37. The molecule has 25 heavy (non-hydrogen) atoms. The Kier molecular flexibility index (Phi) is 5.36. The Morgan fingerprint density at radius 2 is 2.00 bits per heavy atom. The number of hydrogen-bond acceptors (Lipinski definition) is 5. The van der Waals surface area contributed by atoms with Gasteiger partial charge >= 0.3 is 0 Å². The number of nitrogens with zero attached hydrogens (tertiary/aromatic N) is 2. The highest BCUT2D eigenvalue weighted by molar-refractivity contribution is 5.79. The highest BCUT2D eigenvalue weighted by Gasteiger charge is 2.24. The first-order valence-corrected chi connectivity index (χ1v) is 8.81. The number of nitrogens with one attached hydrogen (secondary N) is 1. The van der Waals surface area contributed by atoms with Crippen LogP contribution in [0.3, 0.4) is 0 Å². The van der Waals surface area contributed by atoms with Crippen molar-refractivity contribution in [1.82, 2.24) is 15.5 Å². The van der Waals surface area contributed by atoms with Gasteiger partial charge in [0.25, 0.3) is 0 Å². The van der Waals surface area contributed by atoms with Crippen molar-refractivity contribution in [2.24, 2.45) is 0 Å². The minimum atomic E-state index is 0.0268. The van der Waals surface area contributed by atoms with E-state index >= 15 is 0 Å². The first-order chi connectivity index (χ1) is 12.0. The predicted molar refractivity (Wildman–Crippen MR) is 93.5 cm³/mol. The number of pyridine rings is 1. The molecule has 2 aromatic heterocycles. The van der Waals surface area contributed by atoms with Crippen molar-refractivity contribution in [1.29, 1.82) is 0 Å². The molecule has 1 amide bonds. The van der Waals surface area contributed by atoms with E-state index in [4.69, 9.17) is 9.26 Å². The number of carbonyl (C=O) groups excluding carboxylic acids is 1. The molecule has 0 saturated heterocycles. The standard InChI is InChI=1S/C19H25N3O3/c1-12-4-9-19(20-11-12)24-16-7-5-15(6-8-16)21-18(23)10-17-13(2)22-25-14(17)3/h4,9,11,15-16H,5-8,10H2,1-3H3,(H,21,23). The van der Waals surface area contributed by atoms with Gasteiger partial charge < -0.3 is 14.6 Å². The molecule has 2 aromatic rings. The van der Waals surface area contributed by atoms with Crippen LogP contribution in [-0.4, -0.2) is 28.2 Å². The minimum absolute atomic E-state index is 0.0268.